The summed E-state index contributed by atoms with van der Waals surface area (Å²) in [5.74, 6) is 0.845. The van der Waals surface area contributed by atoms with E-state index in [2.05, 4.69) is 34.0 Å². The second-order valence-corrected chi connectivity index (χ2v) is 4.98. The van der Waals surface area contributed by atoms with E-state index < -0.39 is 0 Å². The second kappa shape index (κ2) is 6.82. The highest BCUT2D eigenvalue weighted by atomic mass is 16.5. The van der Waals surface area contributed by atoms with Crippen LogP contribution in [0.4, 0.5) is 5.95 Å². The van der Waals surface area contributed by atoms with Crippen molar-refractivity contribution in [3.63, 3.8) is 0 Å². The van der Waals surface area contributed by atoms with Gasteiger partial charge in [-0.2, -0.15) is 0 Å². The van der Waals surface area contributed by atoms with Crippen molar-refractivity contribution in [2.75, 3.05) is 31.7 Å². The van der Waals surface area contributed by atoms with Gasteiger partial charge in [0.05, 0.1) is 6.61 Å². The van der Waals surface area contributed by atoms with Crippen molar-refractivity contribution in [3.8, 4) is 0 Å². The van der Waals surface area contributed by atoms with E-state index in [0.29, 0.717) is 6.04 Å². The van der Waals surface area contributed by atoms with Gasteiger partial charge in [0.2, 0.25) is 5.95 Å². The Morgan fingerprint density at radius 1 is 1.47 bits per heavy atom. The standard InChI is InChI=1S/C14H24N4O/c1-4-15-9-12-10-16-14(17-11(12)2)18(7-8-19-3)13-5-6-13/h10,13,15H,4-9H2,1-3H3. The molecule has 106 valence electrons. The minimum atomic E-state index is 0.606. The Balaban J connectivity index is 2.07. The molecule has 1 aromatic heterocycles. The lowest BCUT2D eigenvalue weighted by Crippen LogP contribution is -2.31. The third kappa shape index (κ3) is 3.88. The van der Waals surface area contributed by atoms with Crippen LogP contribution in [0.1, 0.15) is 31.0 Å². The molecule has 0 radical (unpaired) electrons. The zero-order valence-electron chi connectivity index (χ0n) is 12.1. The molecule has 19 heavy (non-hydrogen) atoms. The van der Waals surface area contributed by atoms with E-state index in [1.165, 1.54) is 18.4 Å². The number of hydrogen-bond donors (Lipinski definition) is 1. The summed E-state index contributed by atoms with van der Waals surface area (Å²) >= 11 is 0. The SMILES string of the molecule is CCNCc1cnc(N(CCOC)C2CC2)nc1C. The molecule has 0 saturated heterocycles. The molecular formula is C14H24N4O. The van der Waals surface area contributed by atoms with Crippen LogP contribution in [0, 0.1) is 6.92 Å². The Morgan fingerprint density at radius 3 is 2.84 bits per heavy atom. The largest absolute Gasteiger partial charge is 0.383 e. The molecular weight excluding hydrogens is 240 g/mol. The lowest BCUT2D eigenvalue weighted by Gasteiger charge is -2.22. The van der Waals surface area contributed by atoms with Crippen LogP contribution in [0.5, 0.6) is 0 Å². The molecule has 2 rings (SSSR count). The third-order valence-electron chi connectivity index (χ3n) is 3.41. The average molecular weight is 264 g/mol. The summed E-state index contributed by atoms with van der Waals surface area (Å²) in [6, 6.07) is 0.606. The van der Waals surface area contributed by atoms with Crippen molar-refractivity contribution in [3.05, 3.63) is 17.5 Å². The van der Waals surface area contributed by atoms with E-state index >= 15 is 0 Å². The predicted molar refractivity (Wildman–Crippen MR) is 76.4 cm³/mol. The van der Waals surface area contributed by atoms with Gasteiger partial charge in [0, 0.05) is 43.7 Å². The topological polar surface area (TPSA) is 50.3 Å². The Kier molecular flexibility index (Phi) is 5.10. The molecule has 0 atom stereocenters. The highest BCUT2D eigenvalue weighted by Gasteiger charge is 2.30. The number of methoxy groups -OCH3 is 1. The fraction of sp³-hybridized carbons (Fsp3) is 0.714. The lowest BCUT2D eigenvalue weighted by molar-refractivity contribution is 0.204. The van der Waals surface area contributed by atoms with E-state index in [4.69, 9.17) is 4.74 Å². The van der Waals surface area contributed by atoms with E-state index in [0.717, 1.165) is 37.9 Å². The summed E-state index contributed by atoms with van der Waals surface area (Å²) in [7, 11) is 1.73. The zero-order valence-corrected chi connectivity index (χ0v) is 12.1. The van der Waals surface area contributed by atoms with Crippen LogP contribution in [0.2, 0.25) is 0 Å². The molecule has 0 aliphatic heterocycles. The third-order valence-corrected chi connectivity index (χ3v) is 3.41. The number of nitrogens with one attached hydrogen (secondary N) is 1. The molecule has 5 nitrogen and oxygen atoms in total. The molecule has 1 fully saturated rings. The van der Waals surface area contributed by atoms with Gasteiger partial charge in [-0.3, -0.25) is 0 Å². The molecule has 0 unspecified atom stereocenters. The van der Waals surface area contributed by atoms with E-state index in [1.807, 2.05) is 6.20 Å². The van der Waals surface area contributed by atoms with Gasteiger partial charge in [-0.1, -0.05) is 6.92 Å². The smallest absolute Gasteiger partial charge is 0.225 e. The molecule has 0 bridgehead atoms. The summed E-state index contributed by atoms with van der Waals surface area (Å²) in [5.41, 5.74) is 2.24. The molecule has 1 aliphatic carbocycles. The van der Waals surface area contributed by atoms with Crippen molar-refractivity contribution in [1.29, 1.82) is 0 Å². The van der Waals surface area contributed by atoms with Crippen molar-refractivity contribution in [2.24, 2.45) is 0 Å². The van der Waals surface area contributed by atoms with Gasteiger partial charge in [-0.15, -0.1) is 0 Å². The van der Waals surface area contributed by atoms with Crippen molar-refractivity contribution in [2.45, 2.75) is 39.3 Å². The quantitative estimate of drug-likeness (QED) is 0.771. The molecule has 1 heterocycles. The molecule has 0 spiro atoms. The highest BCUT2D eigenvalue weighted by Crippen LogP contribution is 2.29. The first-order chi connectivity index (χ1) is 9.26. The summed E-state index contributed by atoms with van der Waals surface area (Å²) in [4.78, 5) is 11.5. The molecule has 1 N–H and O–H groups in total. The normalized spacial score (nSPS) is 14.7. The lowest BCUT2D eigenvalue weighted by atomic mass is 10.2. The number of aryl methyl sites for hydroxylation is 1. The number of hydrogen-bond acceptors (Lipinski definition) is 5. The fourth-order valence-corrected chi connectivity index (χ4v) is 2.07. The molecule has 5 heteroatoms. The minimum Gasteiger partial charge on any atom is -0.383 e. The summed E-state index contributed by atoms with van der Waals surface area (Å²) in [6.07, 6.45) is 4.43. The summed E-state index contributed by atoms with van der Waals surface area (Å²) in [5, 5.41) is 3.31. The number of anilines is 1. The summed E-state index contributed by atoms with van der Waals surface area (Å²) < 4.78 is 5.17. The van der Waals surface area contributed by atoms with Gasteiger partial charge < -0.3 is 15.0 Å². The van der Waals surface area contributed by atoms with Gasteiger partial charge in [-0.05, 0) is 26.3 Å². The van der Waals surface area contributed by atoms with Gasteiger partial charge in [-0.25, -0.2) is 9.97 Å². The molecule has 1 aromatic rings. The minimum absolute atomic E-state index is 0.606. The first-order valence-electron chi connectivity index (χ1n) is 7.05. The number of ether oxygens (including phenoxy) is 1. The molecule has 0 aromatic carbocycles. The summed E-state index contributed by atoms with van der Waals surface area (Å²) in [6.45, 7) is 7.54. The maximum Gasteiger partial charge on any atom is 0.225 e. The maximum absolute atomic E-state index is 5.17. The molecule has 0 amide bonds. The Morgan fingerprint density at radius 2 is 2.26 bits per heavy atom. The van der Waals surface area contributed by atoms with E-state index in [1.54, 1.807) is 7.11 Å². The monoisotopic (exact) mass is 264 g/mol. The highest BCUT2D eigenvalue weighted by molar-refractivity contribution is 5.36. The van der Waals surface area contributed by atoms with Gasteiger partial charge in [0.25, 0.3) is 0 Å². The van der Waals surface area contributed by atoms with E-state index in [-0.39, 0.29) is 0 Å². The zero-order chi connectivity index (χ0) is 13.7. The number of nitrogens with zero attached hydrogens (tertiary/aromatic N) is 3. The van der Waals surface area contributed by atoms with Gasteiger partial charge in [0.1, 0.15) is 0 Å². The maximum atomic E-state index is 5.17. The van der Waals surface area contributed by atoms with Crippen LogP contribution in [0.3, 0.4) is 0 Å². The first-order valence-corrected chi connectivity index (χ1v) is 7.05. The molecule has 1 saturated carbocycles. The number of aromatic nitrogens is 2. The van der Waals surface area contributed by atoms with Crippen LogP contribution in [-0.2, 0) is 11.3 Å². The average Bonchev–Trinajstić information content (AvgIpc) is 3.23. The van der Waals surface area contributed by atoms with Crippen LogP contribution < -0.4 is 10.2 Å². The van der Waals surface area contributed by atoms with Crippen molar-refractivity contribution < 1.29 is 4.74 Å². The van der Waals surface area contributed by atoms with Crippen LogP contribution in [-0.4, -0.2) is 42.8 Å². The Labute approximate surface area is 115 Å². The van der Waals surface area contributed by atoms with Crippen molar-refractivity contribution in [1.82, 2.24) is 15.3 Å². The van der Waals surface area contributed by atoms with Crippen LogP contribution in [0.15, 0.2) is 6.20 Å². The Bertz CT molecular complexity index is 406. The van der Waals surface area contributed by atoms with Crippen molar-refractivity contribution >= 4 is 5.95 Å². The van der Waals surface area contributed by atoms with E-state index in [9.17, 15) is 0 Å². The van der Waals surface area contributed by atoms with Gasteiger partial charge >= 0.3 is 0 Å². The Hall–Kier alpha value is -1.20. The van der Waals surface area contributed by atoms with Gasteiger partial charge in [0.15, 0.2) is 0 Å². The predicted octanol–water partition coefficient (Wildman–Crippen LogP) is 1.51. The van der Waals surface area contributed by atoms with Crippen LogP contribution >= 0.6 is 0 Å². The number of rotatable bonds is 8. The fourth-order valence-electron chi connectivity index (χ4n) is 2.07. The van der Waals surface area contributed by atoms with Crippen LogP contribution in [0.25, 0.3) is 0 Å². The second-order valence-electron chi connectivity index (χ2n) is 4.98. The molecule has 1 aliphatic rings. The first kappa shape index (κ1) is 14.2.